The van der Waals surface area contributed by atoms with Crippen LogP contribution >= 0.6 is 11.8 Å². The fourth-order valence-electron chi connectivity index (χ4n) is 1.94. The number of β-lactam (4-membered cyclic amide) rings is 1. The van der Waals surface area contributed by atoms with E-state index in [4.69, 9.17) is 5.11 Å². The zero-order valence-corrected chi connectivity index (χ0v) is 10.2. The molecule has 0 radical (unpaired) electrons. The minimum absolute atomic E-state index is 0.0492. The van der Waals surface area contributed by atoms with Crippen LogP contribution in [0.15, 0.2) is 28.9 Å². The van der Waals surface area contributed by atoms with Gasteiger partial charge in [0.05, 0.1) is 11.3 Å². The number of hydrogen-bond donors (Lipinski definition) is 1. The second kappa shape index (κ2) is 3.74. The molecule has 0 unspecified atom stereocenters. The van der Waals surface area contributed by atoms with Crippen LogP contribution in [-0.2, 0) is 16.6 Å². The molecule has 1 N–H and O–H groups in total. The van der Waals surface area contributed by atoms with Gasteiger partial charge >= 0.3 is 5.97 Å². The largest absolute Gasteiger partial charge is 0.477 e. The molecule has 1 atom stereocenters. The Kier molecular flexibility index (Phi) is 2.30. The van der Waals surface area contributed by atoms with Crippen LogP contribution in [0.3, 0.4) is 0 Å². The number of thioether (sulfide) groups is 1. The highest BCUT2D eigenvalue weighted by Crippen LogP contribution is 2.44. The smallest absolute Gasteiger partial charge is 0.353 e. The van der Waals surface area contributed by atoms with Crippen molar-refractivity contribution in [2.75, 3.05) is 0 Å². The van der Waals surface area contributed by atoms with Gasteiger partial charge in [-0.2, -0.15) is 5.10 Å². The maximum atomic E-state index is 11.9. The van der Waals surface area contributed by atoms with Crippen LogP contribution in [0.1, 0.15) is 5.69 Å². The van der Waals surface area contributed by atoms with E-state index in [1.54, 1.807) is 30.1 Å². The number of fused-ring (bicyclic) bond motifs is 1. The summed E-state index contributed by atoms with van der Waals surface area (Å²) in [6, 6.07) is 1.80. The molecule has 0 aliphatic carbocycles. The van der Waals surface area contributed by atoms with Gasteiger partial charge in [-0.05, 0) is 12.1 Å². The second-order valence-electron chi connectivity index (χ2n) is 3.99. The average molecular weight is 263 g/mol. The van der Waals surface area contributed by atoms with Crippen molar-refractivity contribution in [3.63, 3.8) is 0 Å². The summed E-state index contributed by atoms with van der Waals surface area (Å²) in [6.07, 6.45) is 3.49. The zero-order valence-electron chi connectivity index (χ0n) is 9.40. The Hall–Kier alpha value is -2.02. The summed E-state index contributed by atoms with van der Waals surface area (Å²) >= 11 is 1.33. The number of carbonyl (C=O) groups is 2. The Morgan fingerprint density at radius 3 is 3.00 bits per heavy atom. The Bertz CT molecular complexity index is 617. The molecule has 0 bridgehead atoms. The fourth-order valence-corrected chi connectivity index (χ4v) is 3.05. The highest BCUT2D eigenvalue weighted by Gasteiger charge is 2.49. The van der Waals surface area contributed by atoms with Crippen LogP contribution in [0, 0.1) is 0 Å². The first-order valence-corrected chi connectivity index (χ1v) is 6.16. The molecule has 0 saturated carbocycles. The molecular formula is C11H9N3O3S. The first kappa shape index (κ1) is 11.1. The monoisotopic (exact) mass is 263 g/mol. The molecule has 1 aromatic rings. The standard InChI is InChI=1S/C11H9N3O3S/c1-13-3-2-6(12-13)4-7-9(15)14-8(11(16)17)5-18-10(7)14/h2-5,10H,1H3,(H,16,17)/b7-4+/t10-/m1/s1. The van der Waals surface area contributed by atoms with Gasteiger partial charge in [0, 0.05) is 18.7 Å². The van der Waals surface area contributed by atoms with Crippen LogP contribution in [0.25, 0.3) is 6.08 Å². The zero-order chi connectivity index (χ0) is 12.9. The van der Waals surface area contributed by atoms with E-state index in [1.807, 2.05) is 0 Å². The number of nitrogens with zero attached hydrogens (tertiary/aromatic N) is 3. The van der Waals surface area contributed by atoms with Crippen LogP contribution in [-0.4, -0.2) is 37.0 Å². The maximum absolute atomic E-state index is 11.9. The normalized spacial score (nSPS) is 23.9. The minimum Gasteiger partial charge on any atom is -0.477 e. The lowest BCUT2D eigenvalue weighted by Gasteiger charge is -2.36. The highest BCUT2D eigenvalue weighted by atomic mass is 32.2. The summed E-state index contributed by atoms with van der Waals surface area (Å²) in [7, 11) is 1.80. The Labute approximate surface area is 107 Å². The average Bonchev–Trinajstić information content (AvgIpc) is 2.89. The Balaban J connectivity index is 1.86. The Morgan fingerprint density at radius 2 is 2.39 bits per heavy atom. The van der Waals surface area contributed by atoms with Gasteiger partial charge in [0.15, 0.2) is 0 Å². The van der Waals surface area contributed by atoms with Crippen molar-refractivity contribution >= 4 is 29.7 Å². The maximum Gasteiger partial charge on any atom is 0.353 e. The van der Waals surface area contributed by atoms with E-state index in [0.29, 0.717) is 11.3 Å². The molecule has 92 valence electrons. The number of aliphatic carboxylic acids is 1. The van der Waals surface area contributed by atoms with E-state index in [1.165, 1.54) is 22.1 Å². The SMILES string of the molecule is Cn1ccc(/C=C2\C(=O)N3C(C(=O)O)=CS[C@H]23)n1. The third-order valence-electron chi connectivity index (χ3n) is 2.79. The summed E-state index contributed by atoms with van der Waals surface area (Å²) in [6.45, 7) is 0. The van der Waals surface area contributed by atoms with Gasteiger partial charge in [-0.25, -0.2) is 4.79 Å². The molecule has 18 heavy (non-hydrogen) atoms. The second-order valence-corrected chi connectivity index (χ2v) is 4.94. The summed E-state index contributed by atoms with van der Waals surface area (Å²) in [5.74, 6) is -1.33. The van der Waals surface area contributed by atoms with Crippen molar-refractivity contribution < 1.29 is 14.7 Å². The number of carboxylic acids is 1. The summed E-state index contributed by atoms with van der Waals surface area (Å²) in [5, 5.41) is 14.4. The number of carboxylic acid groups (broad SMARTS) is 1. The lowest BCUT2D eigenvalue weighted by Crippen LogP contribution is -2.51. The van der Waals surface area contributed by atoms with Gasteiger partial charge in [-0.15, -0.1) is 11.8 Å². The van der Waals surface area contributed by atoms with Gasteiger partial charge in [0.1, 0.15) is 11.1 Å². The molecule has 0 spiro atoms. The molecule has 1 fully saturated rings. The summed E-state index contributed by atoms with van der Waals surface area (Å²) in [4.78, 5) is 24.1. The number of aromatic nitrogens is 2. The lowest BCUT2D eigenvalue weighted by atomic mass is 10.0. The predicted molar refractivity (Wildman–Crippen MR) is 65.1 cm³/mol. The third-order valence-corrected chi connectivity index (χ3v) is 3.87. The first-order chi connectivity index (χ1) is 8.58. The number of amides is 1. The van der Waals surface area contributed by atoms with Crippen LogP contribution in [0.5, 0.6) is 0 Å². The molecule has 6 nitrogen and oxygen atoms in total. The molecule has 2 aliphatic rings. The topological polar surface area (TPSA) is 75.4 Å². The molecule has 3 heterocycles. The molecule has 7 heteroatoms. The van der Waals surface area contributed by atoms with Crippen molar-refractivity contribution in [1.29, 1.82) is 0 Å². The number of aryl methyl sites for hydroxylation is 1. The Morgan fingerprint density at radius 1 is 1.61 bits per heavy atom. The van der Waals surface area contributed by atoms with Crippen molar-refractivity contribution in [3.8, 4) is 0 Å². The highest BCUT2D eigenvalue weighted by molar-refractivity contribution is 8.03. The lowest BCUT2D eigenvalue weighted by molar-refractivity contribution is -0.141. The molecule has 0 aromatic carbocycles. The fraction of sp³-hybridized carbons (Fsp3) is 0.182. The van der Waals surface area contributed by atoms with Gasteiger partial charge in [-0.3, -0.25) is 14.4 Å². The molecule has 3 rings (SSSR count). The van der Waals surface area contributed by atoms with Gasteiger partial charge in [-0.1, -0.05) is 0 Å². The number of hydrogen-bond acceptors (Lipinski definition) is 4. The van der Waals surface area contributed by atoms with E-state index < -0.39 is 5.97 Å². The van der Waals surface area contributed by atoms with E-state index >= 15 is 0 Å². The van der Waals surface area contributed by atoms with E-state index in [-0.39, 0.29) is 17.0 Å². The van der Waals surface area contributed by atoms with Gasteiger partial charge in [0.2, 0.25) is 0 Å². The minimum atomic E-state index is -1.07. The quantitative estimate of drug-likeness (QED) is 0.626. The van der Waals surface area contributed by atoms with Crippen molar-refractivity contribution in [2.45, 2.75) is 5.37 Å². The predicted octanol–water partition coefficient (Wildman–Crippen LogP) is 0.645. The summed E-state index contributed by atoms with van der Waals surface area (Å²) in [5.41, 5.74) is 1.34. The third kappa shape index (κ3) is 1.47. The van der Waals surface area contributed by atoms with E-state index in [2.05, 4.69) is 5.10 Å². The summed E-state index contributed by atoms with van der Waals surface area (Å²) < 4.78 is 1.65. The van der Waals surface area contributed by atoms with E-state index in [9.17, 15) is 9.59 Å². The molecule has 1 amide bonds. The number of rotatable bonds is 2. The van der Waals surface area contributed by atoms with E-state index in [0.717, 1.165) is 0 Å². The van der Waals surface area contributed by atoms with Gasteiger partial charge < -0.3 is 5.11 Å². The van der Waals surface area contributed by atoms with Crippen LogP contribution < -0.4 is 0 Å². The number of carbonyl (C=O) groups excluding carboxylic acids is 1. The first-order valence-electron chi connectivity index (χ1n) is 5.21. The van der Waals surface area contributed by atoms with Gasteiger partial charge in [0.25, 0.3) is 5.91 Å². The van der Waals surface area contributed by atoms with Crippen molar-refractivity contribution in [1.82, 2.24) is 14.7 Å². The van der Waals surface area contributed by atoms with Crippen molar-refractivity contribution in [3.05, 3.63) is 34.6 Å². The molecular weight excluding hydrogens is 254 g/mol. The van der Waals surface area contributed by atoms with Crippen molar-refractivity contribution in [2.24, 2.45) is 7.05 Å². The van der Waals surface area contributed by atoms with Crippen LogP contribution in [0.2, 0.25) is 0 Å². The van der Waals surface area contributed by atoms with Crippen LogP contribution in [0.4, 0.5) is 0 Å². The molecule has 1 saturated heterocycles. The molecule has 1 aromatic heterocycles. The molecule has 2 aliphatic heterocycles.